The summed E-state index contributed by atoms with van der Waals surface area (Å²) < 4.78 is 5.41. The molecule has 15 heavy (non-hydrogen) atoms. The Labute approximate surface area is 88.5 Å². The minimum atomic E-state index is 0.106. The van der Waals surface area contributed by atoms with Gasteiger partial charge in [-0.05, 0) is 30.5 Å². The first-order chi connectivity index (χ1) is 7.26. The minimum absolute atomic E-state index is 0.106. The summed E-state index contributed by atoms with van der Waals surface area (Å²) in [6.07, 6.45) is 3.22. The lowest BCUT2D eigenvalue weighted by atomic mass is 10.1. The molecule has 0 aliphatic carbocycles. The maximum atomic E-state index is 12.0. The van der Waals surface area contributed by atoms with E-state index in [9.17, 15) is 4.79 Å². The maximum absolute atomic E-state index is 12.0. The molecule has 0 radical (unpaired) electrons. The van der Waals surface area contributed by atoms with Crippen molar-refractivity contribution in [2.75, 3.05) is 0 Å². The largest absolute Gasteiger partial charge is 0.464 e. The highest BCUT2D eigenvalue weighted by atomic mass is 16.3. The molecular weight excluding hydrogens is 188 g/mol. The smallest absolute Gasteiger partial charge is 0.195 e. The van der Waals surface area contributed by atoms with Crippen molar-refractivity contribution in [3.8, 4) is 0 Å². The summed E-state index contributed by atoms with van der Waals surface area (Å²) in [6.45, 7) is 4.04. The molecule has 1 aromatic heterocycles. The maximum Gasteiger partial charge on any atom is 0.195 e. The Bertz CT molecular complexity index is 532. The summed E-state index contributed by atoms with van der Waals surface area (Å²) in [6, 6.07) is 5.80. The van der Waals surface area contributed by atoms with E-state index in [0.717, 1.165) is 12.0 Å². The molecule has 2 rings (SSSR count). The summed E-state index contributed by atoms with van der Waals surface area (Å²) in [5.41, 5.74) is 2.70. The van der Waals surface area contributed by atoms with Crippen molar-refractivity contribution in [2.45, 2.75) is 26.7 Å². The van der Waals surface area contributed by atoms with E-state index in [1.54, 1.807) is 6.26 Å². The molecule has 0 aliphatic heterocycles. The summed E-state index contributed by atoms with van der Waals surface area (Å²) in [4.78, 5) is 12.0. The lowest BCUT2D eigenvalue weighted by Crippen LogP contribution is -2.07. The third kappa shape index (κ3) is 1.67. The zero-order valence-corrected chi connectivity index (χ0v) is 9.04. The van der Waals surface area contributed by atoms with Crippen LogP contribution in [0.4, 0.5) is 0 Å². The minimum Gasteiger partial charge on any atom is -0.464 e. The number of benzene rings is 1. The van der Waals surface area contributed by atoms with E-state index in [0.29, 0.717) is 17.4 Å². The molecule has 0 spiro atoms. The fourth-order valence-electron chi connectivity index (χ4n) is 1.68. The molecule has 0 fully saturated rings. The van der Waals surface area contributed by atoms with Gasteiger partial charge in [-0.3, -0.25) is 4.79 Å². The molecule has 0 bridgehead atoms. The molecule has 0 saturated heterocycles. The van der Waals surface area contributed by atoms with E-state index in [1.165, 1.54) is 5.56 Å². The molecule has 0 saturated carbocycles. The van der Waals surface area contributed by atoms with E-state index in [4.69, 9.17) is 4.42 Å². The van der Waals surface area contributed by atoms with E-state index >= 15 is 0 Å². The van der Waals surface area contributed by atoms with Crippen LogP contribution in [0.3, 0.4) is 0 Å². The van der Waals surface area contributed by atoms with Crippen molar-refractivity contribution in [3.05, 3.63) is 45.8 Å². The average Bonchev–Trinajstić information content (AvgIpc) is 2.29. The fourth-order valence-corrected chi connectivity index (χ4v) is 1.68. The quantitative estimate of drug-likeness (QED) is 0.749. The second-order valence-corrected chi connectivity index (χ2v) is 3.63. The predicted octanol–water partition coefficient (Wildman–Crippen LogP) is 2.92. The number of aryl methyl sites for hydroxylation is 2. The molecule has 78 valence electrons. The van der Waals surface area contributed by atoms with Crippen LogP contribution in [0.1, 0.15) is 25.0 Å². The van der Waals surface area contributed by atoms with Crippen LogP contribution in [0.2, 0.25) is 0 Å². The molecule has 0 atom stereocenters. The van der Waals surface area contributed by atoms with Gasteiger partial charge in [0.1, 0.15) is 5.58 Å². The van der Waals surface area contributed by atoms with Gasteiger partial charge in [-0.2, -0.15) is 0 Å². The van der Waals surface area contributed by atoms with Gasteiger partial charge in [0, 0.05) is 5.56 Å². The highest BCUT2D eigenvalue weighted by molar-refractivity contribution is 5.77. The number of fused-ring (bicyclic) bond motifs is 1. The van der Waals surface area contributed by atoms with Crippen molar-refractivity contribution >= 4 is 11.0 Å². The van der Waals surface area contributed by atoms with Gasteiger partial charge < -0.3 is 4.42 Å². The van der Waals surface area contributed by atoms with Crippen molar-refractivity contribution < 1.29 is 4.42 Å². The lowest BCUT2D eigenvalue weighted by Gasteiger charge is -2.01. The highest BCUT2D eigenvalue weighted by Crippen LogP contribution is 2.14. The lowest BCUT2D eigenvalue weighted by molar-refractivity contribution is 0.593. The first-order valence-corrected chi connectivity index (χ1v) is 5.29. The third-order valence-electron chi connectivity index (χ3n) is 2.70. The third-order valence-corrected chi connectivity index (χ3v) is 2.70. The Hall–Kier alpha value is -1.57. The van der Waals surface area contributed by atoms with Crippen LogP contribution >= 0.6 is 0 Å². The van der Waals surface area contributed by atoms with E-state index in [-0.39, 0.29) is 5.43 Å². The molecular formula is C13H14O2. The van der Waals surface area contributed by atoms with Gasteiger partial charge in [-0.15, -0.1) is 0 Å². The molecule has 0 aliphatic rings. The molecule has 1 aromatic carbocycles. The van der Waals surface area contributed by atoms with Crippen molar-refractivity contribution in [1.82, 2.24) is 0 Å². The molecule has 2 aromatic rings. The van der Waals surface area contributed by atoms with Crippen LogP contribution in [-0.2, 0) is 12.8 Å². The predicted molar refractivity (Wildman–Crippen MR) is 61.2 cm³/mol. The first kappa shape index (κ1) is 9.97. The number of hydrogen-bond acceptors (Lipinski definition) is 2. The zero-order chi connectivity index (χ0) is 10.8. The topological polar surface area (TPSA) is 30.2 Å². The van der Waals surface area contributed by atoms with Gasteiger partial charge in [-0.1, -0.05) is 19.9 Å². The Balaban J connectivity index is 2.78. The van der Waals surface area contributed by atoms with Gasteiger partial charge in [-0.25, -0.2) is 0 Å². The standard InChI is InChI=1S/C13H14O2/c1-3-9-5-6-12-11(7-9)13(14)10(4-2)8-15-12/h5-8H,3-4H2,1-2H3. The Morgan fingerprint density at radius 3 is 2.67 bits per heavy atom. The Morgan fingerprint density at radius 2 is 2.00 bits per heavy atom. The average molecular weight is 202 g/mol. The van der Waals surface area contributed by atoms with Crippen LogP contribution in [0.25, 0.3) is 11.0 Å². The molecule has 1 heterocycles. The second kappa shape index (κ2) is 3.89. The normalized spacial score (nSPS) is 10.8. The molecule has 2 nitrogen and oxygen atoms in total. The van der Waals surface area contributed by atoms with Crippen LogP contribution in [0.15, 0.2) is 33.7 Å². The highest BCUT2D eigenvalue weighted by Gasteiger charge is 2.05. The van der Waals surface area contributed by atoms with Crippen molar-refractivity contribution in [2.24, 2.45) is 0 Å². The molecule has 0 N–H and O–H groups in total. The summed E-state index contributed by atoms with van der Waals surface area (Å²) in [5, 5.41) is 0.703. The van der Waals surface area contributed by atoms with Gasteiger partial charge >= 0.3 is 0 Å². The first-order valence-electron chi connectivity index (χ1n) is 5.29. The van der Waals surface area contributed by atoms with E-state index in [1.807, 2.05) is 25.1 Å². The summed E-state index contributed by atoms with van der Waals surface area (Å²) in [5.74, 6) is 0. The molecule has 0 amide bonds. The summed E-state index contributed by atoms with van der Waals surface area (Å²) in [7, 11) is 0. The van der Waals surface area contributed by atoms with Gasteiger partial charge in [0.15, 0.2) is 5.43 Å². The molecule has 0 unspecified atom stereocenters. The summed E-state index contributed by atoms with van der Waals surface area (Å²) >= 11 is 0. The van der Waals surface area contributed by atoms with E-state index in [2.05, 4.69) is 6.92 Å². The van der Waals surface area contributed by atoms with Gasteiger partial charge in [0.2, 0.25) is 0 Å². The number of rotatable bonds is 2. The van der Waals surface area contributed by atoms with Crippen LogP contribution in [0, 0.1) is 0 Å². The van der Waals surface area contributed by atoms with Gasteiger partial charge in [0.25, 0.3) is 0 Å². The van der Waals surface area contributed by atoms with Crippen molar-refractivity contribution in [1.29, 1.82) is 0 Å². The second-order valence-electron chi connectivity index (χ2n) is 3.63. The fraction of sp³-hybridized carbons (Fsp3) is 0.308. The van der Waals surface area contributed by atoms with Crippen LogP contribution < -0.4 is 5.43 Å². The Kier molecular flexibility index (Phi) is 2.58. The number of hydrogen-bond donors (Lipinski definition) is 0. The van der Waals surface area contributed by atoms with Crippen molar-refractivity contribution in [3.63, 3.8) is 0 Å². The monoisotopic (exact) mass is 202 g/mol. The van der Waals surface area contributed by atoms with Crippen LogP contribution in [0.5, 0.6) is 0 Å². The van der Waals surface area contributed by atoms with Gasteiger partial charge in [0.05, 0.1) is 11.6 Å². The SMILES string of the molecule is CCc1ccc2occ(CC)c(=O)c2c1. The Morgan fingerprint density at radius 1 is 1.20 bits per heavy atom. The zero-order valence-electron chi connectivity index (χ0n) is 9.04. The van der Waals surface area contributed by atoms with Crippen LogP contribution in [-0.4, -0.2) is 0 Å². The van der Waals surface area contributed by atoms with E-state index < -0.39 is 0 Å². The molecule has 2 heteroatoms.